The standard InChI is InChI=1S/C19H14BrFN4/c20-15-3-6-17-14(7-15)11-24-10-13(12-1-4-16(21)5-2-12)8-18(24)19-9-22-23-25(17)19/h1-10,22-23H,11H2. The third-order valence-electron chi connectivity index (χ3n) is 4.59. The van der Waals surface area contributed by atoms with Crippen LogP contribution in [0.25, 0.3) is 16.8 Å². The largest absolute Gasteiger partial charge is 0.341 e. The summed E-state index contributed by atoms with van der Waals surface area (Å²) < 4.78 is 16.5. The number of halogens is 2. The van der Waals surface area contributed by atoms with Gasteiger partial charge in [-0.1, -0.05) is 28.1 Å². The zero-order chi connectivity index (χ0) is 17.0. The van der Waals surface area contributed by atoms with Crippen molar-refractivity contribution in [3.63, 3.8) is 0 Å². The lowest BCUT2D eigenvalue weighted by atomic mass is 10.1. The molecule has 2 N–H and O–H groups in total. The van der Waals surface area contributed by atoms with Gasteiger partial charge >= 0.3 is 0 Å². The average Bonchev–Trinajstić information content (AvgIpc) is 3.21. The van der Waals surface area contributed by atoms with Crippen LogP contribution in [-0.2, 0) is 6.54 Å². The molecule has 0 radical (unpaired) electrons. The van der Waals surface area contributed by atoms with Crippen molar-refractivity contribution in [1.29, 1.82) is 0 Å². The first-order valence-corrected chi connectivity index (χ1v) is 8.75. The van der Waals surface area contributed by atoms with Crippen molar-refractivity contribution in [2.45, 2.75) is 6.54 Å². The molecule has 2 aliphatic heterocycles. The smallest absolute Gasteiger partial charge is 0.123 e. The topological polar surface area (TPSA) is 32.2 Å². The van der Waals surface area contributed by atoms with E-state index in [2.05, 4.69) is 60.9 Å². The number of hydrogen-bond acceptors (Lipinski definition) is 3. The minimum Gasteiger partial charge on any atom is -0.341 e. The van der Waals surface area contributed by atoms with Gasteiger partial charge in [-0.3, -0.25) is 5.01 Å². The van der Waals surface area contributed by atoms with E-state index in [4.69, 9.17) is 0 Å². The van der Waals surface area contributed by atoms with Crippen molar-refractivity contribution in [2.75, 3.05) is 5.01 Å². The summed E-state index contributed by atoms with van der Waals surface area (Å²) in [6.07, 6.45) is 4.08. The number of hydrazine groups is 2. The van der Waals surface area contributed by atoms with Crippen molar-refractivity contribution in [3.05, 3.63) is 82.5 Å². The molecule has 6 heteroatoms. The molecule has 0 unspecified atom stereocenters. The Hall–Kier alpha value is -2.57. The molecule has 2 aromatic carbocycles. The molecule has 0 spiro atoms. The van der Waals surface area contributed by atoms with Gasteiger partial charge in [0.1, 0.15) is 11.5 Å². The van der Waals surface area contributed by atoms with Crippen LogP contribution in [0.1, 0.15) is 11.3 Å². The normalized spacial score (nSPS) is 15.0. The third kappa shape index (κ3) is 2.37. The Morgan fingerprint density at radius 3 is 2.68 bits per heavy atom. The summed E-state index contributed by atoms with van der Waals surface area (Å²) in [5.41, 5.74) is 12.8. The van der Waals surface area contributed by atoms with Gasteiger partial charge in [0, 0.05) is 29.0 Å². The molecule has 0 bridgehead atoms. The van der Waals surface area contributed by atoms with Crippen molar-refractivity contribution in [3.8, 4) is 11.1 Å². The maximum Gasteiger partial charge on any atom is 0.123 e. The Labute approximate surface area is 152 Å². The van der Waals surface area contributed by atoms with Gasteiger partial charge in [-0.15, -0.1) is 5.53 Å². The third-order valence-corrected chi connectivity index (χ3v) is 5.08. The zero-order valence-electron chi connectivity index (χ0n) is 13.1. The van der Waals surface area contributed by atoms with E-state index < -0.39 is 0 Å². The van der Waals surface area contributed by atoms with Gasteiger partial charge in [0.05, 0.1) is 11.4 Å². The molecule has 0 atom stereocenters. The zero-order valence-corrected chi connectivity index (χ0v) is 14.7. The summed E-state index contributed by atoms with van der Waals surface area (Å²) in [6.45, 7) is 0.765. The van der Waals surface area contributed by atoms with E-state index in [-0.39, 0.29) is 5.82 Å². The second-order valence-electron chi connectivity index (χ2n) is 6.14. The molecular weight excluding hydrogens is 383 g/mol. The van der Waals surface area contributed by atoms with Crippen LogP contribution in [0.4, 0.5) is 10.1 Å². The molecule has 5 rings (SSSR count). The van der Waals surface area contributed by atoms with Crippen LogP contribution >= 0.6 is 15.9 Å². The summed E-state index contributed by atoms with van der Waals surface area (Å²) >= 11 is 3.56. The van der Waals surface area contributed by atoms with Crippen LogP contribution in [0.15, 0.2) is 65.4 Å². The van der Waals surface area contributed by atoms with E-state index in [1.807, 2.05) is 24.4 Å². The summed E-state index contributed by atoms with van der Waals surface area (Å²) in [7, 11) is 0. The van der Waals surface area contributed by atoms with Gasteiger partial charge in [0.25, 0.3) is 0 Å². The lowest BCUT2D eigenvalue weighted by Crippen LogP contribution is -2.37. The van der Waals surface area contributed by atoms with Gasteiger partial charge in [-0.25, -0.2) is 4.39 Å². The highest BCUT2D eigenvalue weighted by Gasteiger charge is 2.27. The highest BCUT2D eigenvalue weighted by atomic mass is 79.9. The Balaban J connectivity index is 1.67. The van der Waals surface area contributed by atoms with E-state index in [1.54, 1.807) is 0 Å². The number of benzene rings is 2. The number of fused-ring (bicyclic) bond motifs is 5. The summed E-state index contributed by atoms with van der Waals surface area (Å²) in [6, 6.07) is 15.0. The van der Waals surface area contributed by atoms with E-state index in [0.717, 1.165) is 39.2 Å². The first-order valence-electron chi connectivity index (χ1n) is 7.95. The Morgan fingerprint density at radius 1 is 1.00 bits per heavy atom. The average molecular weight is 397 g/mol. The molecule has 1 aromatic heterocycles. The first-order chi connectivity index (χ1) is 12.2. The monoisotopic (exact) mass is 396 g/mol. The maximum atomic E-state index is 13.2. The molecule has 3 aromatic rings. The molecule has 4 nitrogen and oxygen atoms in total. The molecule has 25 heavy (non-hydrogen) atoms. The maximum absolute atomic E-state index is 13.2. The molecule has 2 aliphatic rings. The van der Waals surface area contributed by atoms with Crippen molar-refractivity contribution < 1.29 is 4.39 Å². The fraction of sp³-hybridized carbons (Fsp3) is 0.0526. The second-order valence-corrected chi connectivity index (χ2v) is 7.06. The van der Waals surface area contributed by atoms with Gasteiger partial charge in [0.15, 0.2) is 0 Å². The number of anilines is 1. The number of nitrogens with zero attached hydrogens (tertiary/aromatic N) is 2. The summed E-state index contributed by atoms with van der Waals surface area (Å²) in [5.74, 6) is -0.221. The highest BCUT2D eigenvalue weighted by Crippen LogP contribution is 2.37. The predicted octanol–water partition coefficient (Wildman–Crippen LogP) is 4.25. The van der Waals surface area contributed by atoms with Crippen LogP contribution in [0, 0.1) is 5.82 Å². The van der Waals surface area contributed by atoms with Crippen molar-refractivity contribution in [2.24, 2.45) is 0 Å². The number of aromatic nitrogens is 1. The first kappa shape index (κ1) is 14.7. The lowest BCUT2D eigenvalue weighted by Gasteiger charge is -2.21. The Kier molecular flexibility index (Phi) is 3.23. The lowest BCUT2D eigenvalue weighted by molar-refractivity contribution is 0.628. The molecule has 0 amide bonds. The quantitative estimate of drug-likeness (QED) is 0.644. The summed E-state index contributed by atoms with van der Waals surface area (Å²) in [4.78, 5) is 0. The van der Waals surface area contributed by atoms with Crippen LogP contribution in [0.5, 0.6) is 0 Å². The molecule has 124 valence electrons. The van der Waals surface area contributed by atoms with Crippen LogP contribution in [0.3, 0.4) is 0 Å². The SMILES string of the molecule is Fc1ccc(-c2cc3n(c2)Cc2cc(Br)ccc2N2NNC=C32)cc1. The van der Waals surface area contributed by atoms with Gasteiger partial charge in [-0.2, -0.15) is 0 Å². The van der Waals surface area contributed by atoms with E-state index in [1.165, 1.54) is 17.7 Å². The fourth-order valence-electron chi connectivity index (χ4n) is 3.41. The van der Waals surface area contributed by atoms with Crippen LogP contribution in [-0.4, -0.2) is 4.57 Å². The summed E-state index contributed by atoms with van der Waals surface area (Å²) in [5, 5.41) is 2.05. The van der Waals surface area contributed by atoms with Crippen molar-refractivity contribution in [1.82, 2.24) is 15.5 Å². The minimum atomic E-state index is -0.221. The molecule has 0 saturated carbocycles. The number of nitrogens with one attached hydrogen (secondary N) is 2. The minimum absolute atomic E-state index is 0.221. The molecule has 3 heterocycles. The predicted molar refractivity (Wildman–Crippen MR) is 99.8 cm³/mol. The fourth-order valence-corrected chi connectivity index (χ4v) is 3.82. The van der Waals surface area contributed by atoms with E-state index in [9.17, 15) is 4.39 Å². The highest BCUT2D eigenvalue weighted by molar-refractivity contribution is 9.10. The van der Waals surface area contributed by atoms with Gasteiger partial charge in [-0.05, 0) is 47.5 Å². The van der Waals surface area contributed by atoms with Crippen molar-refractivity contribution >= 4 is 27.3 Å². The molecule has 0 saturated heterocycles. The van der Waals surface area contributed by atoms with Gasteiger partial charge < -0.3 is 9.99 Å². The second kappa shape index (κ2) is 5.47. The van der Waals surface area contributed by atoms with E-state index in [0.29, 0.717) is 0 Å². The number of rotatable bonds is 1. The number of hydrogen-bond donors (Lipinski definition) is 2. The van der Waals surface area contributed by atoms with Gasteiger partial charge in [0.2, 0.25) is 0 Å². The van der Waals surface area contributed by atoms with E-state index >= 15 is 0 Å². The molecule has 0 fully saturated rings. The molecular formula is C19H14BrFN4. The molecule has 0 aliphatic carbocycles. The Bertz CT molecular complexity index is 1010. The Morgan fingerprint density at radius 2 is 1.84 bits per heavy atom. The van der Waals surface area contributed by atoms with Crippen LogP contribution < -0.4 is 16.0 Å². The van der Waals surface area contributed by atoms with Crippen LogP contribution in [0.2, 0.25) is 0 Å².